The summed E-state index contributed by atoms with van der Waals surface area (Å²) in [5.74, 6) is 1.29. The van der Waals surface area contributed by atoms with Crippen molar-refractivity contribution >= 4 is 16.9 Å². The molecule has 3 aromatic heterocycles. The van der Waals surface area contributed by atoms with E-state index in [1.807, 2.05) is 42.6 Å². The van der Waals surface area contributed by atoms with Crippen LogP contribution in [0.3, 0.4) is 0 Å². The second-order valence-corrected chi connectivity index (χ2v) is 6.99. The third-order valence-electron chi connectivity index (χ3n) is 3.76. The van der Waals surface area contributed by atoms with Gasteiger partial charge in [-0.25, -0.2) is 9.97 Å². The highest BCUT2D eigenvalue weighted by atomic mass is 16.3. The Balaban J connectivity index is 1.88. The molecule has 126 valence electrons. The number of benzene rings is 1. The SMILES string of the molecule is CC(C)(C)Nc1ncc(-c2ccoc2)cc1-c1nc2ccccc2o1. The van der Waals surface area contributed by atoms with Gasteiger partial charge in [-0.2, -0.15) is 0 Å². The zero-order valence-corrected chi connectivity index (χ0v) is 14.4. The number of para-hydroxylation sites is 2. The third-order valence-corrected chi connectivity index (χ3v) is 3.76. The van der Waals surface area contributed by atoms with Crippen LogP contribution in [0.2, 0.25) is 0 Å². The largest absolute Gasteiger partial charge is 0.472 e. The second-order valence-electron chi connectivity index (χ2n) is 6.99. The monoisotopic (exact) mass is 333 g/mol. The molecule has 0 saturated heterocycles. The van der Waals surface area contributed by atoms with E-state index < -0.39 is 0 Å². The molecule has 1 aromatic carbocycles. The normalized spacial score (nSPS) is 11.8. The molecule has 0 amide bonds. The molecule has 4 rings (SSSR count). The summed E-state index contributed by atoms with van der Waals surface area (Å²) in [6, 6.07) is 11.7. The van der Waals surface area contributed by atoms with Crippen LogP contribution in [0.25, 0.3) is 33.7 Å². The van der Waals surface area contributed by atoms with Crippen molar-refractivity contribution in [3.63, 3.8) is 0 Å². The third kappa shape index (κ3) is 3.13. The Bertz CT molecular complexity index is 978. The quantitative estimate of drug-likeness (QED) is 0.547. The summed E-state index contributed by atoms with van der Waals surface area (Å²) in [4.78, 5) is 9.24. The minimum Gasteiger partial charge on any atom is -0.472 e. The first kappa shape index (κ1) is 15.4. The number of hydrogen-bond acceptors (Lipinski definition) is 5. The number of oxazole rings is 1. The predicted molar refractivity (Wildman–Crippen MR) is 98.3 cm³/mol. The Morgan fingerprint density at radius 1 is 1.04 bits per heavy atom. The number of rotatable bonds is 3. The van der Waals surface area contributed by atoms with Crippen LogP contribution in [0.1, 0.15) is 20.8 Å². The molecule has 0 saturated carbocycles. The molecule has 0 fully saturated rings. The molecule has 1 N–H and O–H groups in total. The summed E-state index contributed by atoms with van der Waals surface area (Å²) in [5.41, 5.74) is 4.19. The van der Waals surface area contributed by atoms with Crippen molar-refractivity contribution in [2.75, 3.05) is 5.32 Å². The summed E-state index contributed by atoms with van der Waals surface area (Å²) in [7, 11) is 0. The van der Waals surface area contributed by atoms with Crippen LogP contribution in [-0.2, 0) is 0 Å². The van der Waals surface area contributed by atoms with Crippen molar-refractivity contribution in [2.24, 2.45) is 0 Å². The molecule has 3 heterocycles. The Kier molecular flexibility index (Phi) is 3.57. The van der Waals surface area contributed by atoms with Gasteiger partial charge >= 0.3 is 0 Å². The summed E-state index contributed by atoms with van der Waals surface area (Å²) in [6.07, 6.45) is 5.17. The van der Waals surface area contributed by atoms with Crippen LogP contribution in [0.15, 0.2) is 64.0 Å². The van der Waals surface area contributed by atoms with Gasteiger partial charge in [0, 0.05) is 22.9 Å². The molecule has 4 aromatic rings. The Labute approximate surface area is 145 Å². The van der Waals surface area contributed by atoms with E-state index in [0.29, 0.717) is 5.89 Å². The first-order valence-corrected chi connectivity index (χ1v) is 8.16. The maximum Gasteiger partial charge on any atom is 0.231 e. The van der Waals surface area contributed by atoms with Crippen LogP contribution in [0.4, 0.5) is 5.82 Å². The van der Waals surface area contributed by atoms with Gasteiger partial charge in [0.1, 0.15) is 11.3 Å². The maximum absolute atomic E-state index is 5.97. The molecular formula is C20H19N3O2. The Morgan fingerprint density at radius 3 is 2.60 bits per heavy atom. The van der Waals surface area contributed by atoms with Crippen LogP contribution in [0, 0.1) is 0 Å². The smallest absolute Gasteiger partial charge is 0.231 e. The number of nitrogens with one attached hydrogen (secondary N) is 1. The van der Waals surface area contributed by atoms with E-state index in [1.165, 1.54) is 0 Å². The van der Waals surface area contributed by atoms with Gasteiger partial charge in [0.2, 0.25) is 5.89 Å². The molecule has 0 bridgehead atoms. The summed E-state index contributed by atoms with van der Waals surface area (Å²) < 4.78 is 11.2. The topological polar surface area (TPSA) is 64.1 Å². The highest BCUT2D eigenvalue weighted by Gasteiger charge is 2.19. The molecule has 0 spiro atoms. The fourth-order valence-corrected chi connectivity index (χ4v) is 2.66. The number of aromatic nitrogens is 2. The minimum absolute atomic E-state index is 0.134. The molecule has 0 aliphatic rings. The van der Waals surface area contributed by atoms with E-state index in [1.54, 1.807) is 12.5 Å². The molecule has 5 heteroatoms. The number of pyridine rings is 1. The lowest BCUT2D eigenvalue weighted by molar-refractivity contribution is 0.568. The van der Waals surface area contributed by atoms with Crippen LogP contribution >= 0.6 is 0 Å². The molecule has 0 unspecified atom stereocenters. The summed E-state index contributed by atoms with van der Waals surface area (Å²) in [6.45, 7) is 6.28. The summed E-state index contributed by atoms with van der Waals surface area (Å²) in [5, 5.41) is 3.43. The predicted octanol–water partition coefficient (Wildman–Crippen LogP) is 5.36. The fraction of sp³-hybridized carbons (Fsp3) is 0.200. The van der Waals surface area contributed by atoms with Gasteiger partial charge in [-0.3, -0.25) is 0 Å². The van der Waals surface area contributed by atoms with Crippen molar-refractivity contribution in [1.29, 1.82) is 0 Å². The maximum atomic E-state index is 5.97. The van der Waals surface area contributed by atoms with Crippen molar-refractivity contribution < 1.29 is 8.83 Å². The van der Waals surface area contributed by atoms with Gasteiger partial charge in [0.25, 0.3) is 0 Å². The Morgan fingerprint density at radius 2 is 1.88 bits per heavy atom. The highest BCUT2D eigenvalue weighted by Crippen LogP contribution is 2.33. The molecule has 5 nitrogen and oxygen atoms in total. The van der Waals surface area contributed by atoms with Crippen LogP contribution in [-0.4, -0.2) is 15.5 Å². The van der Waals surface area contributed by atoms with Crippen molar-refractivity contribution in [3.05, 3.63) is 55.1 Å². The lowest BCUT2D eigenvalue weighted by Gasteiger charge is -2.22. The zero-order valence-electron chi connectivity index (χ0n) is 14.4. The molecule has 0 aliphatic carbocycles. The zero-order chi connectivity index (χ0) is 17.4. The standard InChI is InChI=1S/C20H19N3O2/c1-20(2,3)23-18-15(10-14(11-21-18)13-8-9-24-12-13)19-22-16-6-4-5-7-17(16)25-19/h4-12H,1-3H3,(H,21,23). The number of fused-ring (bicyclic) bond motifs is 1. The molecular weight excluding hydrogens is 314 g/mol. The second kappa shape index (κ2) is 5.77. The minimum atomic E-state index is -0.134. The van der Waals surface area contributed by atoms with Gasteiger partial charge in [0.05, 0.1) is 18.1 Å². The first-order valence-electron chi connectivity index (χ1n) is 8.16. The van der Waals surface area contributed by atoms with E-state index in [4.69, 9.17) is 8.83 Å². The Hall–Kier alpha value is -3.08. The first-order chi connectivity index (χ1) is 12.0. The van der Waals surface area contributed by atoms with Crippen LogP contribution < -0.4 is 5.32 Å². The molecule has 25 heavy (non-hydrogen) atoms. The number of furan rings is 1. The van der Waals surface area contributed by atoms with Crippen molar-refractivity contribution in [2.45, 2.75) is 26.3 Å². The van der Waals surface area contributed by atoms with Crippen molar-refractivity contribution in [3.8, 4) is 22.6 Å². The molecule has 0 radical (unpaired) electrons. The number of nitrogens with zero attached hydrogens (tertiary/aromatic N) is 2. The fourth-order valence-electron chi connectivity index (χ4n) is 2.66. The summed E-state index contributed by atoms with van der Waals surface area (Å²) >= 11 is 0. The van der Waals surface area contributed by atoms with Gasteiger partial charge < -0.3 is 14.2 Å². The lowest BCUT2D eigenvalue weighted by atomic mass is 10.1. The van der Waals surface area contributed by atoms with E-state index >= 15 is 0 Å². The van der Waals surface area contributed by atoms with E-state index in [2.05, 4.69) is 36.1 Å². The van der Waals surface area contributed by atoms with Gasteiger partial charge in [-0.1, -0.05) is 12.1 Å². The van der Waals surface area contributed by atoms with Crippen LogP contribution in [0.5, 0.6) is 0 Å². The van der Waals surface area contributed by atoms with E-state index in [0.717, 1.165) is 33.6 Å². The number of anilines is 1. The van der Waals surface area contributed by atoms with Gasteiger partial charge in [0.15, 0.2) is 5.58 Å². The van der Waals surface area contributed by atoms with E-state index in [-0.39, 0.29) is 5.54 Å². The number of hydrogen-bond donors (Lipinski definition) is 1. The van der Waals surface area contributed by atoms with E-state index in [9.17, 15) is 0 Å². The average molecular weight is 333 g/mol. The lowest BCUT2D eigenvalue weighted by Crippen LogP contribution is -2.27. The van der Waals surface area contributed by atoms with Gasteiger partial charge in [-0.15, -0.1) is 0 Å². The van der Waals surface area contributed by atoms with Gasteiger partial charge in [-0.05, 0) is 45.0 Å². The highest BCUT2D eigenvalue weighted by molar-refractivity contribution is 5.81. The molecule has 0 atom stereocenters. The van der Waals surface area contributed by atoms with Crippen molar-refractivity contribution in [1.82, 2.24) is 9.97 Å². The molecule has 0 aliphatic heterocycles. The average Bonchev–Trinajstić information content (AvgIpc) is 3.23.